The van der Waals surface area contributed by atoms with Gasteiger partial charge in [-0.25, -0.2) is 4.98 Å². The van der Waals surface area contributed by atoms with Gasteiger partial charge in [0.05, 0.1) is 5.69 Å². The average Bonchev–Trinajstić information content (AvgIpc) is 2.79. The summed E-state index contributed by atoms with van der Waals surface area (Å²) < 4.78 is 0. The largest absolute Gasteiger partial charge is 0.369 e. The van der Waals surface area contributed by atoms with E-state index in [4.69, 9.17) is 0 Å². The predicted octanol–water partition coefficient (Wildman–Crippen LogP) is 3.17. The van der Waals surface area contributed by atoms with E-state index in [1.165, 1.54) is 38.5 Å². The number of aromatic nitrogens is 2. The smallest absolute Gasteiger partial charge is 0.147 e. The molecule has 3 nitrogen and oxygen atoms in total. The van der Waals surface area contributed by atoms with Crippen molar-refractivity contribution in [1.82, 2.24) is 9.97 Å². The van der Waals surface area contributed by atoms with Gasteiger partial charge < -0.3 is 5.32 Å². The Balaban J connectivity index is 1.66. The number of rotatable bonds is 5. The molecule has 1 heterocycles. The van der Waals surface area contributed by atoms with Gasteiger partial charge in [-0.1, -0.05) is 25.7 Å². The Bertz CT molecular complexity index is 319. The lowest BCUT2D eigenvalue weighted by Crippen LogP contribution is -2.07. The number of hydrogen-bond donors (Lipinski definition) is 1. The van der Waals surface area contributed by atoms with E-state index in [2.05, 4.69) is 15.3 Å². The van der Waals surface area contributed by atoms with Crippen LogP contribution in [0.4, 0.5) is 5.82 Å². The second-order valence-corrected chi connectivity index (χ2v) is 4.71. The van der Waals surface area contributed by atoms with Crippen molar-refractivity contribution in [2.24, 2.45) is 5.92 Å². The summed E-state index contributed by atoms with van der Waals surface area (Å²) in [4.78, 5) is 8.48. The van der Waals surface area contributed by atoms with Gasteiger partial charge in [-0.2, -0.15) is 0 Å². The highest BCUT2D eigenvalue weighted by Gasteiger charge is 2.13. The van der Waals surface area contributed by atoms with Crippen LogP contribution in [-0.4, -0.2) is 16.5 Å². The fraction of sp³-hybridized carbons (Fsp3) is 0.692. The molecule has 2 rings (SSSR count). The molecule has 0 unspecified atom stereocenters. The maximum Gasteiger partial charge on any atom is 0.147 e. The zero-order chi connectivity index (χ0) is 11.2. The van der Waals surface area contributed by atoms with Gasteiger partial charge in [-0.15, -0.1) is 0 Å². The van der Waals surface area contributed by atoms with Gasteiger partial charge >= 0.3 is 0 Å². The zero-order valence-electron chi connectivity index (χ0n) is 10.1. The maximum atomic E-state index is 4.27. The molecular weight excluding hydrogens is 198 g/mol. The molecule has 0 amide bonds. The molecule has 88 valence electrons. The van der Waals surface area contributed by atoms with Gasteiger partial charge in [0.2, 0.25) is 0 Å². The van der Waals surface area contributed by atoms with Crippen LogP contribution in [-0.2, 0) is 0 Å². The molecule has 0 aliphatic heterocycles. The molecule has 1 aromatic heterocycles. The lowest BCUT2D eigenvalue weighted by Gasteiger charge is -2.10. The molecule has 1 aromatic rings. The van der Waals surface area contributed by atoms with E-state index in [0.29, 0.717) is 0 Å². The molecule has 1 saturated carbocycles. The number of nitrogens with zero attached hydrogens (tertiary/aromatic N) is 2. The third-order valence-corrected chi connectivity index (χ3v) is 3.44. The second-order valence-electron chi connectivity index (χ2n) is 4.71. The second kappa shape index (κ2) is 5.83. The predicted molar refractivity (Wildman–Crippen MR) is 66.5 cm³/mol. The Hall–Kier alpha value is -1.12. The van der Waals surface area contributed by atoms with Gasteiger partial charge in [0.25, 0.3) is 0 Å². The van der Waals surface area contributed by atoms with Crippen LogP contribution in [0.5, 0.6) is 0 Å². The molecule has 1 fully saturated rings. The van der Waals surface area contributed by atoms with Gasteiger partial charge in [0.1, 0.15) is 5.82 Å². The molecule has 3 heteroatoms. The average molecular weight is 219 g/mol. The van der Waals surface area contributed by atoms with Crippen LogP contribution < -0.4 is 5.32 Å². The van der Waals surface area contributed by atoms with E-state index < -0.39 is 0 Å². The summed E-state index contributed by atoms with van der Waals surface area (Å²) in [7, 11) is 0. The fourth-order valence-electron chi connectivity index (χ4n) is 2.48. The normalized spacial score (nSPS) is 16.6. The van der Waals surface area contributed by atoms with Gasteiger partial charge in [-0.3, -0.25) is 4.98 Å². The van der Waals surface area contributed by atoms with E-state index in [1.54, 1.807) is 12.4 Å². The Morgan fingerprint density at radius 1 is 1.25 bits per heavy atom. The lowest BCUT2D eigenvalue weighted by atomic mass is 10.0. The van der Waals surface area contributed by atoms with Crippen LogP contribution in [0.2, 0.25) is 0 Å². The molecule has 1 N–H and O–H groups in total. The van der Waals surface area contributed by atoms with Crippen molar-refractivity contribution in [2.45, 2.75) is 45.4 Å². The standard InChI is InChI=1S/C13H21N3/c1-11-13(16-10-9-14-11)15-8-4-7-12-5-2-3-6-12/h9-10,12H,2-8H2,1H3,(H,15,16). The van der Waals surface area contributed by atoms with Crippen LogP contribution >= 0.6 is 0 Å². The van der Waals surface area contributed by atoms with Crippen molar-refractivity contribution < 1.29 is 0 Å². The van der Waals surface area contributed by atoms with Crippen molar-refractivity contribution >= 4 is 5.82 Å². The van der Waals surface area contributed by atoms with Crippen LogP contribution in [0.25, 0.3) is 0 Å². The van der Waals surface area contributed by atoms with E-state index in [0.717, 1.165) is 24.0 Å². The fourth-order valence-corrected chi connectivity index (χ4v) is 2.48. The van der Waals surface area contributed by atoms with E-state index in [-0.39, 0.29) is 0 Å². The van der Waals surface area contributed by atoms with Crippen molar-refractivity contribution in [3.8, 4) is 0 Å². The first-order valence-corrected chi connectivity index (χ1v) is 6.38. The van der Waals surface area contributed by atoms with Crippen LogP contribution in [0, 0.1) is 12.8 Å². The number of anilines is 1. The summed E-state index contributed by atoms with van der Waals surface area (Å²) in [5.41, 5.74) is 0.989. The Kier molecular flexibility index (Phi) is 4.14. The Morgan fingerprint density at radius 3 is 2.75 bits per heavy atom. The molecular formula is C13H21N3. The molecule has 0 bridgehead atoms. The minimum Gasteiger partial charge on any atom is -0.369 e. The van der Waals surface area contributed by atoms with Gasteiger partial charge in [0, 0.05) is 18.9 Å². The first kappa shape index (κ1) is 11.4. The summed E-state index contributed by atoms with van der Waals surface area (Å²) in [6.45, 7) is 3.02. The number of aryl methyl sites for hydroxylation is 1. The highest BCUT2D eigenvalue weighted by molar-refractivity contribution is 5.37. The summed E-state index contributed by atoms with van der Waals surface area (Å²) in [6, 6.07) is 0. The molecule has 16 heavy (non-hydrogen) atoms. The summed E-state index contributed by atoms with van der Waals surface area (Å²) >= 11 is 0. The van der Waals surface area contributed by atoms with Crippen molar-refractivity contribution in [3.05, 3.63) is 18.1 Å². The van der Waals surface area contributed by atoms with Crippen LogP contribution in [0.1, 0.15) is 44.2 Å². The minimum absolute atomic E-state index is 0.939. The van der Waals surface area contributed by atoms with Crippen LogP contribution in [0.3, 0.4) is 0 Å². The third kappa shape index (κ3) is 3.19. The van der Waals surface area contributed by atoms with Crippen molar-refractivity contribution in [3.63, 3.8) is 0 Å². The molecule has 0 spiro atoms. The molecule has 1 aliphatic rings. The van der Waals surface area contributed by atoms with E-state index in [1.807, 2.05) is 6.92 Å². The highest BCUT2D eigenvalue weighted by Crippen LogP contribution is 2.28. The minimum atomic E-state index is 0.939. The quantitative estimate of drug-likeness (QED) is 0.773. The molecule has 1 aliphatic carbocycles. The molecule has 0 aromatic carbocycles. The molecule has 0 atom stereocenters. The third-order valence-electron chi connectivity index (χ3n) is 3.44. The first-order chi connectivity index (χ1) is 7.86. The SMILES string of the molecule is Cc1nccnc1NCCCC1CCCC1. The highest BCUT2D eigenvalue weighted by atomic mass is 15.0. The molecule has 0 radical (unpaired) electrons. The summed E-state index contributed by atoms with van der Waals surface area (Å²) in [6.07, 6.45) is 11.9. The first-order valence-electron chi connectivity index (χ1n) is 6.38. The lowest BCUT2D eigenvalue weighted by molar-refractivity contribution is 0.491. The van der Waals surface area contributed by atoms with Gasteiger partial charge in [0.15, 0.2) is 0 Å². The Morgan fingerprint density at radius 2 is 2.00 bits per heavy atom. The van der Waals surface area contributed by atoms with E-state index >= 15 is 0 Å². The number of nitrogens with one attached hydrogen (secondary N) is 1. The number of hydrogen-bond acceptors (Lipinski definition) is 3. The Labute approximate surface area is 97.7 Å². The topological polar surface area (TPSA) is 37.8 Å². The van der Waals surface area contributed by atoms with Crippen molar-refractivity contribution in [2.75, 3.05) is 11.9 Å². The summed E-state index contributed by atoms with van der Waals surface area (Å²) in [5.74, 6) is 1.93. The monoisotopic (exact) mass is 219 g/mol. The zero-order valence-corrected chi connectivity index (χ0v) is 10.1. The van der Waals surface area contributed by atoms with Gasteiger partial charge in [-0.05, 0) is 25.7 Å². The molecule has 0 saturated heterocycles. The summed E-state index contributed by atoms with van der Waals surface area (Å²) in [5, 5.41) is 3.36. The van der Waals surface area contributed by atoms with Crippen LogP contribution in [0.15, 0.2) is 12.4 Å². The maximum absolute atomic E-state index is 4.27. The van der Waals surface area contributed by atoms with Crippen molar-refractivity contribution in [1.29, 1.82) is 0 Å². The van der Waals surface area contributed by atoms with E-state index in [9.17, 15) is 0 Å².